The van der Waals surface area contributed by atoms with E-state index >= 15 is 0 Å². The van der Waals surface area contributed by atoms with Crippen molar-refractivity contribution in [1.82, 2.24) is 10.2 Å². The summed E-state index contributed by atoms with van der Waals surface area (Å²) in [5.41, 5.74) is -0.196. The van der Waals surface area contributed by atoms with E-state index in [4.69, 9.17) is 16.3 Å². The fraction of sp³-hybridized carbons (Fsp3) is 0.533. The number of carbonyl (C=O) groups excluding carboxylic acids is 1. The largest absolute Gasteiger partial charge is 0.496 e. The Kier molecular flexibility index (Phi) is 5.79. The van der Waals surface area contributed by atoms with Crippen LogP contribution >= 0.6 is 11.6 Å². The molecule has 23 heavy (non-hydrogen) atoms. The number of nitro groups is 1. The Balaban J connectivity index is 2.14. The van der Waals surface area contributed by atoms with Crippen molar-refractivity contribution in [3.05, 3.63) is 32.8 Å². The summed E-state index contributed by atoms with van der Waals surface area (Å²) >= 11 is 5.84. The topological polar surface area (TPSA) is 84.7 Å². The smallest absolute Gasteiger partial charge is 0.288 e. The lowest BCUT2D eigenvalue weighted by Gasteiger charge is -2.23. The Labute approximate surface area is 139 Å². The van der Waals surface area contributed by atoms with E-state index < -0.39 is 10.8 Å². The van der Waals surface area contributed by atoms with Gasteiger partial charge in [-0.15, -0.1) is 0 Å². The lowest BCUT2D eigenvalue weighted by molar-refractivity contribution is -0.384. The van der Waals surface area contributed by atoms with Gasteiger partial charge < -0.3 is 10.1 Å². The molecule has 1 heterocycles. The molecular weight excluding hydrogens is 322 g/mol. The average molecular weight is 342 g/mol. The molecule has 0 radical (unpaired) electrons. The van der Waals surface area contributed by atoms with Gasteiger partial charge in [0, 0.05) is 24.7 Å². The molecule has 0 bridgehead atoms. The summed E-state index contributed by atoms with van der Waals surface area (Å²) in [5.74, 6) is -0.179. The van der Waals surface area contributed by atoms with E-state index in [1.807, 2.05) is 0 Å². The quantitative estimate of drug-likeness (QED) is 0.634. The molecule has 1 aliphatic heterocycles. The molecule has 1 aromatic carbocycles. The van der Waals surface area contributed by atoms with Gasteiger partial charge in [0.2, 0.25) is 0 Å². The standard InChI is InChI=1S/C15H20ClN3O4/c1-3-18-6-4-5-10(18)9-17-15(20)11-7-13(19(21)22)12(16)8-14(11)23-2/h7-8,10H,3-6,9H2,1-2H3,(H,17,20). The van der Waals surface area contributed by atoms with E-state index in [9.17, 15) is 14.9 Å². The number of rotatable bonds is 6. The number of hydrogen-bond acceptors (Lipinski definition) is 5. The first-order chi connectivity index (χ1) is 11.0. The van der Waals surface area contributed by atoms with Gasteiger partial charge >= 0.3 is 0 Å². The number of carbonyl (C=O) groups is 1. The van der Waals surface area contributed by atoms with Crippen molar-refractivity contribution in [1.29, 1.82) is 0 Å². The highest BCUT2D eigenvalue weighted by atomic mass is 35.5. The van der Waals surface area contributed by atoms with Crippen LogP contribution in [0.25, 0.3) is 0 Å². The third-order valence-electron chi connectivity index (χ3n) is 4.11. The number of nitrogens with zero attached hydrogens (tertiary/aromatic N) is 2. The summed E-state index contributed by atoms with van der Waals surface area (Å²) < 4.78 is 5.12. The van der Waals surface area contributed by atoms with Crippen LogP contribution in [-0.2, 0) is 0 Å². The average Bonchev–Trinajstić information content (AvgIpc) is 2.99. The van der Waals surface area contributed by atoms with Gasteiger partial charge in [0.15, 0.2) is 0 Å². The van der Waals surface area contributed by atoms with Gasteiger partial charge in [0.05, 0.1) is 17.6 Å². The molecule has 0 spiro atoms. The summed E-state index contributed by atoms with van der Waals surface area (Å²) in [6.45, 7) is 4.57. The number of hydrogen-bond donors (Lipinski definition) is 1. The highest BCUT2D eigenvalue weighted by Crippen LogP contribution is 2.32. The molecule has 1 atom stereocenters. The van der Waals surface area contributed by atoms with Gasteiger partial charge in [0.25, 0.3) is 11.6 Å². The van der Waals surface area contributed by atoms with E-state index in [0.717, 1.165) is 32.0 Å². The van der Waals surface area contributed by atoms with Crippen LogP contribution in [-0.4, -0.2) is 48.5 Å². The van der Waals surface area contributed by atoms with Gasteiger partial charge in [0.1, 0.15) is 10.8 Å². The molecule has 126 valence electrons. The maximum Gasteiger partial charge on any atom is 0.288 e. The Hall–Kier alpha value is -1.86. The van der Waals surface area contributed by atoms with Crippen molar-refractivity contribution in [2.24, 2.45) is 0 Å². The second-order valence-electron chi connectivity index (χ2n) is 5.40. The molecule has 2 rings (SSSR count). The number of nitrogens with one attached hydrogen (secondary N) is 1. The number of methoxy groups -OCH3 is 1. The molecule has 8 heteroatoms. The van der Waals surface area contributed by atoms with Gasteiger partial charge in [-0.05, 0) is 25.9 Å². The second kappa shape index (κ2) is 7.61. The number of likely N-dealkylation sites (N-methyl/N-ethyl adjacent to an activating group) is 1. The van der Waals surface area contributed by atoms with Crippen LogP contribution < -0.4 is 10.1 Å². The first-order valence-corrected chi connectivity index (χ1v) is 7.89. The van der Waals surface area contributed by atoms with E-state index in [2.05, 4.69) is 17.1 Å². The monoisotopic (exact) mass is 341 g/mol. The van der Waals surface area contributed by atoms with Crippen LogP contribution in [0.5, 0.6) is 5.75 Å². The van der Waals surface area contributed by atoms with Gasteiger partial charge in [-0.1, -0.05) is 18.5 Å². The molecule has 7 nitrogen and oxygen atoms in total. The minimum absolute atomic E-state index is 0.0589. The first kappa shape index (κ1) is 17.5. The van der Waals surface area contributed by atoms with E-state index in [-0.39, 0.29) is 22.0 Å². The molecular formula is C15H20ClN3O4. The second-order valence-corrected chi connectivity index (χ2v) is 5.80. The summed E-state index contributed by atoms with van der Waals surface area (Å²) in [6, 6.07) is 2.75. The van der Waals surface area contributed by atoms with Crippen molar-refractivity contribution >= 4 is 23.2 Å². The Morgan fingerprint density at radius 2 is 2.30 bits per heavy atom. The molecule has 1 aliphatic rings. The molecule has 1 unspecified atom stereocenters. The Bertz CT molecular complexity index is 609. The van der Waals surface area contributed by atoms with Crippen molar-refractivity contribution in [2.75, 3.05) is 26.7 Å². The van der Waals surface area contributed by atoms with Crippen LogP contribution in [0.15, 0.2) is 12.1 Å². The van der Waals surface area contributed by atoms with Gasteiger partial charge in [-0.2, -0.15) is 0 Å². The van der Waals surface area contributed by atoms with Crippen LogP contribution in [0.1, 0.15) is 30.1 Å². The molecule has 0 aliphatic carbocycles. The number of ether oxygens (including phenoxy) is 1. The fourth-order valence-electron chi connectivity index (χ4n) is 2.88. The maximum absolute atomic E-state index is 12.4. The zero-order valence-electron chi connectivity index (χ0n) is 13.2. The normalized spacial score (nSPS) is 18.0. The minimum atomic E-state index is -0.617. The molecule has 0 saturated carbocycles. The Morgan fingerprint density at radius 3 is 2.91 bits per heavy atom. The number of nitro benzene ring substituents is 1. The van der Waals surface area contributed by atoms with Crippen LogP contribution in [0.3, 0.4) is 0 Å². The van der Waals surface area contributed by atoms with E-state index in [1.165, 1.54) is 13.2 Å². The van der Waals surface area contributed by atoms with E-state index in [0.29, 0.717) is 12.6 Å². The predicted octanol–water partition coefficient (Wildman–Crippen LogP) is 2.47. The lowest BCUT2D eigenvalue weighted by atomic mass is 10.1. The zero-order valence-corrected chi connectivity index (χ0v) is 13.9. The molecule has 0 aromatic heterocycles. The summed E-state index contributed by atoms with van der Waals surface area (Å²) in [6.07, 6.45) is 2.15. The highest BCUT2D eigenvalue weighted by molar-refractivity contribution is 6.33. The van der Waals surface area contributed by atoms with Crippen LogP contribution in [0.2, 0.25) is 5.02 Å². The lowest BCUT2D eigenvalue weighted by Crippen LogP contribution is -2.40. The zero-order chi connectivity index (χ0) is 17.0. The SMILES string of the molecule is CCN1CCCC1CNC(=O)c1cc([N+](=O)[O-])c(Cl)cc1OC. The molecule has 1 aromatic rings. The summed E-state index contributed by atoms with van der Waals surface area (Å²) in [4.78, 5) is 25.1. The highest BCUT2D eigenvalue weighted by Gasteiger charge is 2.25. The summed E-state index contributed by atoms with van der Waals surface area (Å²) in [5, 5.41) is 13.8. The molecule has 1 N–H and O–H groups in total. The molecule has 1 amide bonds. The number of amides is 1. The van der Waals surface area contributed by atoms with Gasteiger partial charge in [-0.25, -0.2) is 0 Å². The number of benzene rings is 1. The predicted molar refractivity (Wildman–Crippen MR) is 87.3 cm³/mol. The van der Waals surface area contributed by atoms with Crippen molar-refractivity contribution < 1.29 is 14.5 Å². The van der Waals surface area contributed by atoms with Crippen LogP contribution in [0, 0.1) is 10.1 Å². The van der Waals surface area contributed by atoms with Gasteiger partial charge in [-0.3, -0.25) is 19.8 Å². The fourth-order valence-corrected chi connectivity index (χ4v) is 3.10. The van der Waals surface area contributed by atoms with Crippen LogP contribution in [0.4, 0.5) is 5.69 Å². The Morgan fingerprint density at radius 1 is 1.57 bits per heavy atom. The maximum atomic E-state index is 12.4. The molecule has 1 fully saturated rings. The number of halogens is 1. The molecule has 1 saturated heterocycles. The van der Waals surface area contributed by atoms with E-state index in [1.54, 1.807) is 0 Å². The van der Waals surface area contributed by atoms with Crippen molar-refractivity contribution in [2.45, 2.75) is 25.8 Å². The third kappa shape index (κ3) is 3.92. The third-order valence-corrected chi connectivity index (χ3v) is 4.42. The minimum Gasteiger partial charge on any atom is -0.496 e. The summed E-state index contributed by atoms with van der Waals surface area (Å²) in [7, 11) is 1.39. The van der Waals surface area contributed by atoms with Crippen molar-refractivity contribution in [3.63, 3.8) is 0 Å². The first-order valence-electron chi connectivity index (χ1n) is 7.52. The van der Waals surface area contributed by atoms with Crippen molar-refractivity contribution in [3.8, 4) is 5.75 Å². The number of likely N-dealkylation sites (tertiary alicyclic amines) is 1.